The molecule has 4 heteroatoms. The molecule has 17 heavy (non-hydrogen) atoms. The monoisotopic (exact) mass is 230 g/mol. The molecule has 0 aromatic carbocycles. The van der Waals surface area contributed by atoms with Crippen molar-refractivity contribution in [3.63, 3.8) is 0 Å². The Kier molecular flexibility index (Phi) is 4.29. The summed E-state index contributed by atoms with van der Waals surface area (Å²) >= 11 is 0. The van der Waals surface area contributed by atoms with Crippen LogP contribution in [0.5, 0.6) is 0 Å². The Morgan fingerprint density at radius 1 is 1.71 bits per heavy atom. The van der Waals surface area contributed by atoms with Crippen LogP contribution in [0.25, 0.3) is 6.08 Å². The van der Waals surface area contributed by atoms with E-state index in [2.05, 4.69) is 10.9 Å². The molecule has 0 atom stereocenters. The van der Waals surface area contributed by atoms with Crippen molar-refractivity contribution in [3.8, 4) is 12.3 Å². The van der Waals surface area contributed by atoms with Crippen molar-refractivity contribution in [1.29, 1.82) is 0 Å². The topological polar surface area (TPSA) is 53.4 Å². The maximum absolute atomic E-state index is 10.4. The molecule has 1 rings (SSSR count). The van der Waals surface area contributed by atoms with Gasteiger partial charge in [0, 0.05) is 19.3 Å². The Labute approximate surface area is 101 Å². The Bertz CT molecular complexity index is 487. The van der Waals surface area contributed by atoms with E-state index in [-0.39, 0.29) is 0 Å². The van der Waals surface area contributed by atoms with Crippen LogP contribution >= 0.6 is 0 Å². The lowest BCUT2D eigenvalue weighted by Gasteiger charge is -2.17. The molecule has 0 saturated heterocycles. The number of carboxylic acids is 1. The van der Waals surface area contributed by atoms with Crippen LogP contribution in [-0.4, -0.2) is 29.7 Å². The number of hydrogen-bond donors (Lipinski definition) is 1. The summed E-state index contributed by atoms with van der Waals surface area (Å²) in [6.45, 7) is 2.39. The van der Waals surface area contributed by atoms with Crippen LogP contribution in [0.2, 0.25) is 0 Å². The lowest BCUT2D eigenvalue weighted by molar-refractivity contribution is -0.131. The number of carbonyl (C=O) groups is 1. The number of nitrogens with zero attached hydrogens (tertiary/aromatic N) is 2. The van der Waals surface area contributed by atoms with Crippen LogP contribution in [0.1, 0.15) is 11.1 Å². The largest absolute Gasteiger partial charge is 0.478 e. The van der Waals surface area contributed by atoms with Gasteiger partial charge in [0.05, 0.1) is 6.54 Å². The molecule has 0 radical (unpaired) electrons. The molecule has 1 aromatic rings. The summed E-state index contributed by atoms with van der Waals surface area (Å²) in [7, 11) is 1.86. The van der Waals surface area contributed by atoms with Gasteiger partial charge in [-0.3, -0.25) is 0 Å². The smallest absolute Gasteiger partial charge is 0.328 e. The van der Waals surface area contributed by atoms with Crippen molar-refractivity contribution in [3.05, 3.63) is 29.5 Å². The fourth-order valence-electron chi connectivity index (χ4n) is 1.46. The third kappa shape index (κ3) is 3.65. The van der Waals surface area contributed by atoms with Crippen molar-refractivity contribution in [1.82, 2.24) is 4.98 Å². The zero-order chi connectivity index (χ0) is 12.8. The van der Waals surface area contributed by atoms with Crippen molar-refractivity contribution in [2.24, 2.45) is 0 Å². The van der Waals surface area contributed by atoms with Gasteiger partial charge < -0.3 is 10.0 Å². The van der Waals surface area contributed by atoms with Crippen LogP contribution in [0.3, 0.4) is 0 Å². The SMILES string of the molecule is C#CCN(C)c1ncc(/C=C/C(=O)O)cc1C. The Balaban J connectivity index is 2.94. The van der Waals surface area contributed by atoms with E-state index in [1.54, 1.807) is 6.20 Å². The molecule has 1 heterocycles. The van der Waals surface area contributed by atoms with E-state index in [0.717, 1.165) is 23.0 Å². The summed E-state index contributed by atoms with van der Waals surface area (Å²) in [4.78, 5) is 16.5. The van der Waals surface area contributed by atoms with Crippen LogP contribution in [0.15, 0.2) is 18.3 Å². The molecular formula is C13H14N2O2. The standard InChI is InChI=1S/C13H14N2O2/c1-4-7-15(3)13-10(2)8-11(9-14-13)5-6-12(16)17/h1,5-6,8-9H,7H2,2-3H3,(H,16,17)/b6-5+. The molecule has 0 aliphatic heterocycles. The quantitative estimate of drug-likeness (QED) is 0.630. The highest BCUT2D eigenvalue weighted by Crippen LogP contribution is 2.16. The first-order chi connectivity index (χ1) is 8.04. The van der Waals surface area contributed by atoms with Crippen molar-refractivity contribution in [2.75, 3.05) is 18.5 Å². The van der Waals surface area contributed by atoms with E-state index in [0.29, 0.717) is 6.54 Å². The third-order valence-electron chi connectivity index (χ3n) is 2.18. The lowest BCUT2D eigenvalue weighted by atomic mass is 10.2. The minimum absolute atomic E-state index is 0.484. The van der Waals surface area contributed by atoms with Crippen LogP contribution in [0, 0.1) is 19.3 Å². The molecule has 0 fully saturated rings. The zero-order valence-corrected chi connectivity index (χ0v) is 9.84. The number of aliphatic carboxylic acids is 1. The number of anilines is 1. The fraction of sp³-hybridized carbons (Fsp3) is 0.231. The average molecular weight is 230 g/mol. The van der Waals surface area contributed by atoms with Crippen molar-refractivity contribution >= 4 is 17.9 Å². The number of carboxylic acid groups (broad SMARTS) is 1. The normalized spacial score (nSPS) is 10.2. The minimum Gasteiger partial charge on any atom is -0.478 e. The number of rotatable bonds is 4. The third-order valence-corrected chi connectivity index (χ3v) is 2.18. The molecule has 0 unspecified atom stereocenters. The fourth-order valence-corrected chi connectivity index (χ4v) is 1.46. The molecule has 88 valence electrons. The predicted molar refractivity (Wildman–Crippen MR) is 67.7 cm³/mol. The summed E-state index contributed by atoms with van der Waals surface area (Å²) in [5, 5.41) is 8.52. The first kappa shape index (κ1) is 12.8. The van der Waals surface area contributed by atoms with Gasteiger partial charge in [0.15, 0.2) is 0 Å². The van der Waals surface area contributed by atoms with E-state index >= 15 is 0 Å². The van der Waals surface area contributed by atoms with Gasteiger partial charge in [-0.25, -0.2) is 9.78 Å². The van der Waals surface area contributed by atoms with Gasteiger partial charge in [-0.1, -0.05) is 5.92 Å². The maximum Gasteiger partial charge on any atom is 0.328 e. The highest BCUT2D eigenvalue weighted by Gasteiger charge is 2.05. The van der Waals surface area contributed by atoms with E-state index in [1.165, 1.54) is 6.08 Å². The number of aromatic nitrogens is 1. The molecule has 0 aliphatic carbocycles. The second-order valence-corrected chi connectivity index (χ2v) is 3.64. The first-order valence-corrected chi connectivity index (χ1v) is 5.07. The molecule has 0 spiro atoms. The second-order valence-electron chi connectivity index (χ2n) is 3.64. The zero-order valence-electron chi connectivity index (χ0n) is 9.84. The molecule has 1 aromatic heterocycles. The first-order valence-electron chi connectivity index (χ1n) is 5.07. The summed E-state index contributed by atoms with van der Waals surface area (Å²) in [5.41, 5.74) is 1.71. The number of aryl methyl sites for hydroxylation is 1. The predicted octanol–water partition coefficient (Wildman–Crippen LogP) is 1.56. The Morgan fingerprint density at radius 2 is 2.41 bits per heavy atom. The summed E-state index contributed by atoms with van der Waals surface area (Å²) in [5.74, 6) is 2.37. The Hall–Kier alpha value is -2.28. The van der Waals surface area contributed by atoms with Crippen LogP contribution < -0.4 is 4.90 Å². The van der Waals surface area contributed by atoms with Gasteiger partial charge in [-0.05, 0) is 30.2 Å². The molecular weight excluding hydrogens is 216 g/mol. The van der Waals surface area contributed by atoms with Gasteiger partial charge in [0.1, 0.15) is 5.82 Å². The molecule has 0 aliphatic rings. The molecule has 0 saturated carbocycles. The number of hydrogen-bond acceptors (Lipinski definition) is 3. The summed E-state index contributed by atoms with van der Waals surface area (Å²) in [6, 6.07) is 1.87. The molecule has 1 N–H and O–H groups in total. The van der Waals surface area contributed by atoms with Gasteiger partial charge in [-0.2, -0.15) is 0 Å². The number of terminal acetylenes is 1. The van der Waals surface area contributed by atoms with E-state index in [4.69, 9.17) is 11.5 Å². The molecule has 0 bridgehead atoms. The average Bonchev–Trinajstić information content (AvgIpc) is 2.26. The van der Waals surface area contributed by atoms with Gasteiger partial charge >= 0.3 is 5.97 Å². The number of pyridine rings is 1. The minimum atomic E-state index is -0.976. The van der Waals surface area contributed by atoms with E-state index in [1.807, 2.05) is 24.9 Å². The maximum atomic E-state index is 10.4. The Morgan fingerprint density at radius 3 is 2.94 bits per heavy atom. The van der Waals surface area contributed by atoms with Gasteiger partial charge in [0.2, 0.25) is 0 Å². The summed E-state index contributed by atoms with van der Waals surface area (Å²) in [6.07, 6.45) is 9.44. The van der Waals surface area contributed by atoms with Gasteiger partial charge in [0.25, 0.3) is 0 Å². The van der Waals surface area contributed by atoms with E-state index < -0.39 is 5.97 Å². The lowest BCUT2D eigenvalue weighted by Crippen LogP contribution is -2.19. The van der Waals surface area contributed by atoms with E-state index in [9.17, 15) is 4.79 Å². The highest BCUT2D eigenvalue weighted by atomic mass is 16.4. The van der Waals surface area contributed by atoms with Crippen LogP contribution in [-0.2, 0) is 4.79 Å². The summed E-state index contributed by atoms with van der Waals surface area (Å²) < 4.78 is 0. The second kappa shape index (κ2) is 5.71. The van der Waals surface area contributed by atoms with Crippen molar-refractivity contribution in [2.45, 2.75) is 6.92 Å². The van der Waals surface area contributed by atoms with Gasteiger partial charge in [-0.15, -0.1) is 6.42 Å². The van der Waals surface area contributed by atoms with Crippen molar-refractivity contribution < 1.29 is 9.90 Å². The highest BCUT2D eigenvalue weighted by molar-refractivity contribution is 5.85. The van der Waals surface area contributed by atoms with Crippen LogP contribution in [0.4, 0.5) is 5.82 Å². The molecule has 0 amide bonds. The molecule has 4 nitrogen and oxygen atoms in total.